The van der Waals surface area contributed by atoms with E-state index in [2.05, 4.69) is 36.5 Å². The van der Waals surface area contributed by atoms with Crippen LogP contribution in [0.4, 0.5) is 0 Å². The second-order valence-electron chi connectivity index (χ2n) is 6.39. The van der Waals surface area contributed by atoms with Crippen LogP contribution in [0.3, 0.4) is 0 Å². The Labute approximate surface area is 142 Å². The van der Waals surface area contributed by atoms with Gasteiger partial charge in [0.25, 0.3) is 5.91 Å². The normalized spacial score (nSPS) is 17.2. The maximum atomic E-state index is 12.6. The Morgan fingerprint density at radius 1 is 1.17 bits per heavy atom. The molecule has 1 fully saturated rings. The van der Waals surface area contributed by atoms with Gasteiger partial charge in [0, 0.05) is 19.2 Å². The van der Waals surface area contributed by atoms with Crippen molar-refractivity contribution in [1.82, 2.24) is 10.2 Å². The highest BCUT2D eigenvalue weighted by Crippen LogP contribution is 2.16. The summed E-state index contributed by atoms with van der Waals surface area (Å²) in [6.45, 7) is 2.75. The van der Waals surface area contributed by atoms with Crippen LogP contribution in [-0.2, 0) is 11.2 Å². The number of aryl methyl sites for hydroxylation is 1. The van der Waals surface area contributed by atoms with Gasteiger partial charge in [-0.2, -0.15) is 0 Å². The fourth-order valence-corrected chi connectivity index (χ4v) is 3.01. The largest absolute Gasteiger partial charge is 0.344 e. The van der Waals surface area contributed by atoms with Gasteiger partial charge in [-0.25, -0.2) is 0 Å². The predicted molar refractivity (Wildman–Crippen MR) is 93.9 cm³/mol. The fraction of sp³-hybridized carbons (Fsp3) is 0.300. The maximum absolute atomic E-state index is 12.6. The summed E-state index contributed by atoms with van der Waals surface area (Å²) in [6.07, 6.45) is 1.36. The molecule has 1 N–H and O–H groups in total. The number of nitrogens with zero attached hydrogens (tertiary/aromatic N) is 1. The molecule has 0 bridgehead atoms. The molecule has 0 radical (unpaired) electrons. The molecule has 0 unspecified atom stereocenters. The lowest BCUT2D eigenvalue weighted by Crippen LogP contribution is -2.40. The van der Waals surface area contributed by atoms with E-state index in [9.17, 15) is 9.59 Å². The molecule has 2 aromatic carbocycles. The minimum atomic E-state index is -0.407. The van der Waals surface area contributed by atoms with Crippen molar-refractivity contribution in [3.63, 3.8) is 0 Å². The van der Waals surface area contributed by atoms with Gasteiger partial charge >= 0.3 is 0 Å². The summed E-state index contributed by atoms with van der Waals surface area (Å²) >= 11 is 0. The maximum Gasteiger partial charge on any atom is 0.252 e. The minimum absolute atomic E-state index is 0.0145. The summed E-state index contributed by atoms with van der Waals surface area (Å²) in [7, 11) is 1.76. The molecular formula is C20H22N2O2. The van der Waals surface area contributed by atoms with Crippen molar-refractivity contribution in [1.29, 1.82) is 0 Å². The molecule has 4 heteroatoms. The number of likely N-dealkylation sites (N-methyl/N-ethyl adjacent to an activating group) is 1. The minimum Gasteiger partial charge on any atom is -0.344 e. The van der Waals surface area contributed by atoms with E-state index in [1.54, 1.807) is 11.9 Å². The number of hydrogen-bond acceptors (Lipinski definition) is 2. The lowest BCUT2D eigenvalue weighted by molar-refractivity contribution is -0.128. The van der Waals surface area contributed by atoms with E-state index in [1.165, 1.54) is 5.56 Å². The summed E-state index contributed by atoms with van der Waals surface area (Å²) < 4.78 is 0. The molecule has 2 aromatic rings. The van der Waals surface area contributed by atoms with E-state index in [1.807, 2.05) is 24.3 Å². The van der Waals surface area contributed by atoms with Gasteiger partial charge in [0.1, 0.15) is 6.04 Å². The van der Waals surface area contributed by atoms with E-state index in [-0.39, 0.29) is 11.8 Å². The van der Waals surface area contributed by atoms with Gasteiger partial charge in [0.2, 0.25) is 5.91 Å². The Balaban J connectivity index is 1.77. The lowest BCUT2D eigenvalue weighted by Gasteiger charge is -2.14. The summed E-state index contributed by atoms with van der Waals surface area (Å²) in [6, 6.07) is 15.5. The van der Waals surface area contributed by atoms with Gasteiger partial charge in [-0.3, -0.25) is 9.59 Å². The number of hydrogen-bond donors (Lipinski definition) is 1. The molecular weight excluding hydrogens is 300 g/mol. The zero-order valence-electron chi connectivity index (χ0n) is 14.1. The zero-order chi connectivity index (χ0) is 17.1. The molecule has 2 amide bonds. The molecule has 1 aliphatic rings. The number of carbonyl (C=O) groups excluding carboxylic acids is 2. The number of rotatable bonds is 4. The monoisotopic (exact) mass is 322 g/mol. The van der Waals surface area contributed by atoms with Crippen LogP contribution in [-0.4, -0.2) is 36.3 Å². The molecule has 1 atom stereocenters. The van der Waals surface area contributed by atoms with Crippen LogP contribution in [0.25, 0.3) is 0 Å². The van der Waals surface area contributed by atoms with E-state index in [4.69, 9.17) is 0 Å². The fourth-order valence-electron chi connectivity index (χ4n) is 3.01. The van der Waals surface area contributed by atoms with Crippen LogP contribution < -0.4 is 5.32 Å². The van der Waals surface area contributed by atoms with E-state index in [0.717, 1.165) is 11.1 Å². The highest BCUT2D eigenvalue weighted by atomic mass is 16.2. The molecule has 0 saturated carbocycles. The molecule has 4 nitrogen and oxygen atoms in total. The van der Waals surface area contributed by atoms with E-state index < -0.39 is 6.04 Å². The molecule has 0 aromatic heterocycles. The zero-order valence-corrected chi connectivity index (χ0v) is 14.1. The summed E-state index contributed by atoms with van der Waals surface area (Å²) in [5, 5.41) is 2.88. The van der Waals surface area contributed by atoms with Crippen LogP contribution in [0, 0.1) is 6.92 Å². The first-order valence-electron chi connectivity index (χ1n) is 8.24. The number of likely N-dealkylation sites (tertiary alicyclic amines) is 1. The molecule has 1 aliphatic heterocycles. The van der Waals surface area contributed by atoms with E-state index >= 15 is 0 Å². The van der Waals surface area contributed by atoms with Gasteiger partial charge in [0.05, 0.1) is 0 Å². The van der Waals surface area contributed by atoms with Crippen LogP contribution in [0.5, 0.6) is 0 Å². The third kappa shape index (κ3) is 3.48. The predicted octanol–water partition coefficient (Wildman–Crippen LogP) is 2.55. The van der Waals surface area contributed by atoms with Crippen molar-refractivity contribution in [2.45, 2.75) is 25.8 Å². The number of carbonyl (C=O) groups is 2. The second kappa shape index (κ2) is 6.87. The standard InChI is InChI=1S/C20H22N2O2/c1-14-7-9-15(10-8-14)13-16-5-3-4-6-17(16)19(23)21-18-11-12-22(2)20(18)24/h3-10,18H,11-13H2,1-2H3,(H,21,23)/t18-/m0/s1. The molecule has 3 rings (SSSR count). The third-order valence-electron chi connectivity index (χ3n) is 4.51. The van der Waals surface area contributed by atoms with Gasteiger partial charge in [-0.15, -0.1) is 0 Å². The number of benzene rings is 2. The molecule has 0 aliphatic carbocycles. The van der Waals surface area contributed by atoms with Crippen molar-refractivity contribution in [2.75, 3.05) is 13.6 Å². The summed E-state index contributed by atoms with van der Waals surface area (Å²) in [5.74, 6) is -0.189. The van der Waals surface area contributed by atoms with Crippen molar-refractivity contribution < 1.29 is 9.59 Å². The number of amides is 2. The van der Waals surface area contributed by atoms with E-state index in [0.29, 0.717) is 24.9 Å². The highest BCUT2D eigenvalue weighted by Gasteiger charge is 2.30. The Morgan fingerprint density at radius 3 is 2.54 bits per heavy atom. The van der Waals surface area contributed by atoms with Gasteiger partial charge in [0.15, 0.2) is 0 Å². The van der Waals surface area contributed by atoms with Crippen LogP contribution >= 0.6 is 0 Å². The number of nitrogens with one attached hydrogen (secondary N) is 1. The van der Waals surface area contributed by atoms with Gasteiger partial charge < -0.3 is 10.2 Å². The van der Waals surface area contributed by atoms with Crippen LogP contribution in [0.2, 0.25) is 0 Å². The quantitative estimate of drug-likeness (QED) is 0.940. The van der Waals surface area contributed by atoms with Crippen molar-refractivity contribution in [3.8, 4) is 0 Å². The molecule has 1 saturated heterocycles. The molecule has 0 spiro atoms. The van der Waals surface area contributed by atoms with Crippen LogP contribution in [0.1, 0.15) is 33.5 Å². The topological polar surface area (TPSA) is 49.4 Å². The van der Waals surface area contributed by atoms with Crippen molar-refractivity contribution in [3.05, 3.63) is 70.8 Å². The van der Waals surface area contributed by atoms with Crippen molar-refractivity contribution >= 4 is 11.8 Å². The Bertz CT molecular complexity index is 752. The third-order valence-corrected chi connectivity index (χ3v) is 4.51. The lowest BCUT2D eigenvalue weighted by atomic mass is 9.98. The average molecular weight is 322 g/mol. The van der Waals surface area contributed by atoms with Crippen LogP contribution in [0.15, 0.2) is 48.5 Å². The first-order valence-corrected chi connectivity index (χ1v) is 8.24. The smallest absolute Gasteiger partial charge is 0.252 e. The summed E-state index contributed by atoms with van der Waals surface area (Å²) in [5.41, 5.74) is 3.99. The Morgan fingerprint density at radius 2 is 1.88 bits per heavy atom. The average Bonchev–Trinajstić information content (AvgIpc) is 2.89. The molecule has 24 heavy (non-hydrogen) atoms. The van der Waals surface area contributed by atoms with Gasteiger partial charge in [-0.1, -0.05) is 48.0 Å². The molecule has 124 valence electrons. The second-order valence-corrected chi connectivity index (χ2v) is 6.39. The first-order chi connectivity index (χ1) is 11.5. The Hall–Kier alpha value is -2.62. The highest BCUT2D eigenvalue weighted by molar-refractivity contribution is 5.99. The van der Waals surface area contributed by atoms with Gasteiger partial charge in [-0.05, 0) is 37.0 Å². The van der Waals surface area contributed by atoms with Crippen molar-refractivity contribution in [2.24, 2.45) is 0 Å². The molecule has 1 heterocycles. The first kappa shape index (κ1) is 16.2. The summed E-state index contributed by atoms with van der Waals surface area (Å²) in [4.78, 5) is 26.3. The Kier molecular flexibility index (Phi) is 4.65. The SMILES string of the molecule is Cc1ccc(Cc2ccccc2C(=O)N[C@H]2CCN(C)C2=O)cc1.